The van der Waals surface area contributed by atoms with Crippen LogP contribution >= 0.6 is 0 Å². The summed E-state index contributed by atoms with van der Waals surface area (Å²) in [6.45, 7) is 9.85. The molecule has 0 aromatic rings. The second-order valence-corrected chi connectivity index (χ2v) is 8.36. The first-order valence-corrected chi connectivity index (χ1v) is 11.2. The molecular weight excluding hydrogens is 422 g/mol. The van der Waals surface area contributed by atoms with Crippen LogP contribution in [-0.2, 0) is 4.79 Å². The molecule has 1 rings (SSSR count). The van der Waals surface area contributed by atoms with Crippen LogP contribution in [0.2, 0.25) is 0 Å². The molecule has 1 saturated carbocycles. The average Bonchev–Trinajstić information content (AvgIpc) is 2.66. The van der Waals surface area contributed by atoms with E-state index in [-0.39, 0.29) is 22.9 Å². The molecule has 0 amide bonds. The first-order chi connectivity index (χ1) is 12.8. The van der Waals surface area contributed by atoms with Gasteiger partial charge in [-0.3, -0.25) is 0 Å². The lowest BCUT2D eigenvalue weighted by Gasteiger charge is -2.34. The van der Waals surface area contributed by atoms with Crippen LogP contribution in [0.25, 0.3) is 0 Å². The van der Waals surface area contributed by atoms with E-state index in [0.717, 1.165) is 75.5 Å². The second-order valence-electron chi connectivity index (χ2n) is 8.36. The van der Waals surface area contributed by atoms with Gasteiger partial charge < -0.3 is 41.6 Å². The number of hydrogen-bond acceptors (Lipinski definition) is 4. The monoisotopic (exact) mass is 466 g/mol. The number of carboxylic acid groups (broad SMARTS) is 1. The number of carbonyl (C=O) groups is 1. The molecule has 1 fully saturated rings. The third-order valence-corrected chi connectivity index (χ3v) is 6.36. The molecule has 1 aliphatic carbocycles. The molecule has 0 aliphatic heterocycles. The fraction of sp³-hybridized carbons (Fsp3) is 0.955. The van der Waals surface area contributed by atoms with E-state index in [4.69, 9.17) is 5.11 Å². The van der Waals surface area contributed by atoms with Crippen LogP contribution < -0.4 is 22.1 Å². The number of likely N-dealkylation sites (N-methyl/N-ethyl adjacent to an activating group) is 1. The van der Waals surface area contributed by atoms with Gasteiger partial charge in [-0.15, -0.1) is 0 Å². The predicted octanol–water partition coefficient (Wildman–Crippen LogP) is -0.267. The van der Waals surface area contributed by atoms with Gasteiger partial charge >= 0.3 is 0 Å². The van der Waals surface area contributed by atoms with Gasteiger partial charge in [0.1, 0.15) is 6.54 Å². The van der Waals surface area contributed by atoms with Crippen molar-refractivity contribution >= 4 is 5.97 Å². The molecule has 0 aromatic heterocycles. The van der Waals surface area contributed by atoms with Crippen LogP contribution in [-0.4, -0.2) is 60.1 Å². The van der Waals surface area contributed by atoms with Crippen molar-refractivity contribution in [1.82, 2.24) is 0 Å². The molecule has 2 unspecified atom stereocenters. The molecule has 2 atom stereocenters. The molecule has 0 bridgehead atoms. The zero-order valence-electron chi connectivity index (χ0n) is 18.7. The smallest absolute Gasteiger partial charge is 0.102 e. The molecule has 0 spiro atoms. The third kappa shape index (κ3) is 12.4. The van der Waals surface area contributed by atoms with Gasteiger partial charge in [0.2, 0.25) is 0 Å². The van der Waals surface area contributed by atoms with E-state index in [1.54, 1.807) is 0 Å². The number of aliphatic carboxylic acids is 1. The molecule has 0 radical (unpaired) electrons. The van der Waals surface area contributed by atoms with Crippen LogP contribution in [0.3, 0.4) is 0 Å². The lowest BCUT2D eigenvalue weighted by molar-refractivity contribution is -0.906. The molecule has 2 N–H and O–H groups in total. The Bertz CT molecular complexity index is 372. The summed E-state index contributed by atoms with van der Waals surface area (Å²) in [6, 6.07) is 0. The van der Waals surface area contributed by atoms with Crippen molar-refractivity contribution in [3.8, 4) is 0 Å². The highest BCUT2D eigenvalue weighted by Gasteiger charge is 2.30. The number of rotatable bonds is 12. The minimum absolute atomic E-state index is 0. The summed E-state index contributed by atoms with van der Waals surface area (Å²) in [6.07, 6.45) is 9.47. The Morgan fingerprint density at radius 3 is 2.04 bits per heavy atom. The summed E-state index contributed by atoms with van der Waals surface area (Å²) in [7, 11) is 2.16. The number of hydrogen-bond donors (Lipinski definition) is 2. The number of unbranched alkanes of at least 4 members (excludes halogenated alkanes) is 3. The Morgan fingerprint density at radius 2 is 1.64 bits per heavy atom. The van der Waals surface area contributed by atoms with E-state index >= 15 is 0 Å². The van der Waals surface area contributed by atoms with Crippen molar-refractivity contribution in [2.24, 2.45) is 11.8 Å². The Balaban J connectivity index is 0. The highest BCUT2D eigenvalue weighted by Crippen LogP contribution is 2.32. The number of aliphatic hydroxyl groups excluding tert-OH is 2. The van der Waals surface area contributed by atoms with Crippen LogP contribution in [0.5, 0.6) is 0 Å². The maximum Gasteiger partial charge on any atom is 0.102 e. The molecular formula is C22H45BrNO4-. The summed E-state index contributed by atoms with van der Waals surface area (Å²) in [5.74, 6) is -1.57. The standard InChI is InChI=1S/C15H28O3.C7H18NO.BrH/c1-2-3-4-8-11-13(16)14(15(17)18)12-9-6-5-7-10-12;1-4-8(3,5-2)6-7-9;/h12-14,16H,2-11H2,1H3,(H,17,18);9H,4-7H2,1-3H3;1H/q;+1;/p-2. The molecule has 28 heavy (non-hydrogen) atoms. The van der Waals surface area contributed by atoms with E-state index in [1.807, 2.05) is 0 Å². The quantitative estimate of drug-likeness (QED) is 0.306. The SMILES string of the molecule is CCCCCCC(O)C(C(=O)[O-])C1CCCCC1.CC[N+](C)(CC)CCO.[Br-]. The maximum absolute atomic E-state index is 11.3. The lowest BCUT2D eigenvalue weighted by Crippen LogP contribution is -3.00. The summed E-state index contributed by atoms with van der Waals surface area (Å²) < 4.78 is 0.983. The Kier molecular flexibility index (Phi) is 18.9. The number of carbonyl (C=O) groups excluding carboxylic acids is 1. The van der Waals surface area contributed by atoms with Crippen LogP contribution in [0.15, 0.2) is 0 Å². The Hall–Kier alpha value is -0.170. The summed E-state index contributed by atoms with van der Waals surface area (Å²) >= 11 is 0. The molecule has 5 nitrogen and oxygen atoms in total. The fourth-order valence-electron chi connectivity index (χ4n) is 3.90. The Morgan fingerprint density at radius 1 is 1.07 bits per heavy atom. The molecule has 170 valence electrons. The summed E-state index contributed by atoms with van der Waals surface area (Å²) in [5.41, 5.74) is 0. The number of quaternary nitrogens is 1. The van der Waals surface area contributed by atoms with Crippen LogP contribution in [0, 0.1) is 11.8 Å². The van der Waals surface area contributed by atoms with E-state index < -0.39 is 18.0 Å². The summed E-state index contributed by atoms with van der Waals surface area (Å²) in [5, 5.41) is 30.0. The van der Waals surface area contributed by atoms with E-state index in [0.29, 0.717) is 13.0 Å². The van der Waals surface area contributed by atoms with Gasteiger partial charge in [0, 0.05) is 11.9 Å². The van der Waals surface area contributed by atoms with Crippen molar-refractivity contribution in [2.75, 3.05) is 33.3 Å². The van der Waals surface area contributed by atoms with Crippen LogP contribution in [0.4, 0.5) is 0 Å². The minimum Gasteiger partial charge on any atom is -1.00 e. The van der Waals surface area contributed by atoms with Gasteiger partial charge in [-0.2, -0.15) is 0 Å². The number of halogens is 1. The topological polar surface area (TPSA) is 80.6 Å². The molecule has 0 aromatic carbocycles. The van der Waals surface area contributed by atoms with Gasteiger partial charge in [0.15, 0.2) is 0 Å². The van der Waals surface area contributed by atoms with Crippen LogP contribution in [0.1, 0.15) is 85.0 Å². The lowest BCUT2D eigenvalue weighted by atomic mass is 9.76. The van der Waals surface area contributed by atoms with E-state index in [1.165, 1.54) is 6.42 Å². The molecule has 0 saturated heterocycles. The first-order valence-electron chi connectivity index (χ1n) is 11.2. The first kappa shape index (κ1) is 30.0. The van der Waals surface area contributed by atoms with Gasteiger partial charge in [-0.1, -0.05) is 51.9 Å². The van der Waals surface area contributed by atoms with Gasteiger partial charge in [-0.05, 0) is 39.0 Å². The molecule has 6 heteroatoms. The maximum atomic E-state index is 11.3. The number of aliphatic hydroxyl groups is 2. The van der Waals surface area contributed by atoms with E-state index in [2.05, 4.69) is 27.8 Å². The highest BCUT2D eigenvalue weighted by molar-refractivity contribution is 5.68. The predicted molar refractivity (Wildman–Crippen MR) is 109 cm³/mol. The zero-order valence-corrected chi connectivity index (χ0v) is 20.3. The zero-order chi connectivity index (χ0) is 20.7. The van der Waals surface area contributed by atoms with E-state index in [9.17, 15) is 15.0 Å². The summed E-state index contributed by atoms with van der Waals surface area (Å²) in [4.78, 5) is 11.3. The average molecular weight is 468 g/mol. The molecule has 0 heterocycles. The van der Waals surface area contributed by atoms with Crippen molar-refractivity contribution in [3.05, 3.63) is 0 Å². The highest BCUT2D eigenvalue weighted by atomic mass is 79.9. The van der Waals surface area contributed by atoms with Crippen molar-refractivity contribution in [2.45, 2.75) is 91.1 Å². The third-order valence-electron chi connectivity index (χ3n) is 6.36. The minimum atomic E-state index is -1.05. The number of carboxylic acids is 1. The second kappa shape index (κ2) is 17.7. The largest absolute Gasteiger partial charge is 1.00 e. The van der Waals surface area contributed by atoms with Crippen molar-refractivity contribution < 1.29 is 41.6 Å². The number of nitrogens with zero attached hydrogens (tertiary/aromatic N) is 1. The van der Waals surface area contributed by atoms with Crippen molar-refractivity contribution in [1.29, 1.82) is 0 Å². The van der Waals surface area contributed by atoms with Crippen molar-refractivity contribution in [3.63, 3.8) is 0 Å². The van der Waals surface area contributed by atoms with Gasteiger partial charge in [0.25, 0.3) is 0 Å². The normalized spacial score (nSPS) is 17.1. The van der Waals surface area contributed by atoms with Gasteiger partial charge in [-0.25, -0.2) is 0 Å². The Labute approximate surface area is 183 Å². The van der Waals surface area contributed by atoms with Gasteiger partial charge in [0.05, 0.1) is 32.8 Å². The molecule has 1 aliphatic rings. The fourth-order valence-corrected chi connectivity index (χ4v) is 3.90.